The van der Waals surface area contributed by atoms with E-state index in [0.717, 1.165) is 4.90 Å². The summed E-state index contributed by atoms with van der Waals surface area (Å²) in [5, 5.41) is 0. The van der Waals surface area contributed by atoms with Crippen LogP contribution in [0.15, 0.2) is 18.2 Å². The van der Waals surface area contributed by atoms with Crippen LogP contribution in [0.5, 0.6) is 11.5 Å². The fourth-order valence-electron chi connectivity index (χ4n) is 2.33. The Kier molecular flexibility index (Phi) is 6.90. The molecule has 11 heteroatoms. The molecule has 4 amide bonds. The lowest BCUT2D eigenvalue weighted by atomic mass is 10.2. The van der Waals surface area contributed by atoms with Crippen LogP contribution in [-0.2, 0) is 23.9 Å². The number of amides is 4. The van der Waals surface area contributed by atoms with Crippen molar-refractivity contribution in [1.82, 2.24) is 15.8 Å². The Labute approximate surface area is 159 Å². The maximum Gasteiger partial charge on any atom is 0.326 e. The van der Waals surface area contributed by atoms with Gasteiger partial charge in [0.1, 0.15) is 6.54 Å². The Morgan fingerprint density at radius 2 is 1.64 bits per heavy atom. The van der Waals surface area contributed by atoms with Crippen molar-refractivity contribution >= 4 is 29.6 Å². The van der Waals surface area contributed by atoms with Crippen molar-refractivity contribution in [3.8, 4) is 11.5 Å². The molecule has 0 atom stereocenters. The van der Waals surface area contributed by atoms with Crippen molar-refractivity contribution in [2.24, 2.45) is 0 Å². The van der Waals surface area contributed by atoms with Gasteiger partial charge in [-0.25, -0.2) is 0 Å². The zero-order valence-corrected chi connectivity index (χ0v) is 15.3. The smallest absolute Gasteiger partial charge is 0.326 e. The molecule has 1 heterocycles. The molecule has 0 unspecified atom stereocenters. The van der Waals surface area contributed by atoms with Crippen LogP contribution in [0.2, 0.25) is 0 Å². The van der Waals surface area contributed by atoms with Crippen molar-refractivity contribution in [1.29, 1.82) is 0 Å². The molecule has 150 valence electrons. The van der Waals surface area contributed by atoms with Crippen LogP contribution in [0, 0.1) is 0 Å². The van der Waals surface area contributed by atoms with E-state index in [9.17, 15) is 24.0 Å². The van der Waals surface area contributed by atoms with Crippen LogP contribution in [0.3, 0.4) is 0 Å². The largest absolute Gasteiger partial charge is 0.493 e. The zero-order chi connectivity index (χ0) is 20.7. The molecule has 28 heavy (non-hydrogen) atoms. The first-order valence-corrected chi connectivity index (χ1v) is 8.15. The maximum absolute atomic E-state index is 12.0. The molecule has 0 bridgehead atoms. The lowest BCUT2D eigenvalue weighted by Gasteiger charge is -2.13. The Balaban J connectivity index is 1.77. The van der Waals surface area contributed by atoms with Crippen LogP contribution >= 0.6 is 0 Å². The van der Waals surface area contributed by atoms with E-state index in [1.165, 1.54) is 32.4 Å². The standard InChI is InChI=1S/C17H19N3O8/c1-26-11-4-3-10(7-12(11)27-2)17(25)19-18-13(21)9-28-16(24)8-20-14(22)5-6-15(20)23/h3-4,7H,5-6,8-9H2,1-2H3,(H,18,21)(H,19,25). The number of rotatable bonds is 7. The highest BCUT2D eigenvalue weighted by atomic mass is 16.5. The van der Waals surface area contributed by atoms with Gasteiger partial charge in [0.05, 0.1) is 14.2 Å². The third-order valence-corrected chi connectivity index (χ3v) is 3.77. The van der Waals surface area contributed by atoms with E-state index >= 15 is 0 Å². The quantitative estimate of drug-likeness (QED) is 0.347. The molecule has 1 aromatic carbocycles. The van der Waals surface area contributed by atoms with Gasteiger partial charge < -0.3 is 14.2 Å². The fourth-order valence-corrected chi connectivity index (χ4v) is 2.33. The molecule has 0 saturated carbocycles. The predicted octanol–water partition coefficient (Wildman–Crippen LogP) is -0.843. The number of hydrazine groups is 1. The second kappa shape index (κ2) is 9.35. The average Bonchev–Trinajstić information content (AvgIpc) is 3.01. The molecule has 1 fully saturated rings. The molecule has 1 aromatic rings. The summed E-state index contributed by atoms with van der Waals surface area (Å²) in [5.74, 6) is -2.51. The Morgan fingerprint density at radius 3 is 2.25 bits per heavy atom. The summed E-state index contributed by atoms with van der Waals surface area (Å²) < 4.78 is 14.8. The van der Waals surface area contributed by atoms with Crippen molar-refractivity contribution < 1.29 is 38.2 Å². The van der Waals surface area contributed by atoms with E-state index in [2.05, 4.69) is 15.6 Å². The third-order valence-electron chi connectivity index (χ3n) is 3.77. The maximum atomic E-state index is 12.0. The lowest BCUT2D eigenvalue weighted by Crippen LogP contribution is -2.44. The van der Waals surface area contributed by atoms with E-state index in [1.807, 2.05) is 0 Å². The van der Waals surface area contributed by atoms with E-state index in [4.69, 9.17) is 9.47 Å². The summed E-state index contributed by atoms with van der Waals surface area (Å²) in [7, 11) is 2.87. The highest BCUT2D eigenvalue weighted by Gasteiger charge is 2.31. The number of nitrogens with one attached hydrogen (secondary N) is 2. The highest BCUT2D eigenvalue weighted by molar-refractivity contribution is 6.04. The van der Waals surface area contributed by atoms with Crippen LogP contribution in [0.25, 0.3) is 0 Å². The predicted molar refractivity (Wildman–Crippen MR) is 92.1 cm³/mol. The molecule has 1 aliphatic rings. The van der Waals surface area contributed by atoms with Crippen LogP contribution < -0.4 is 20.3 Å². The summed E-state index contributed by atoms with van der Waals surface area (Å²) in [6.07, 6.45) is 0.101. The SMILES string of the molecule is COc1ccc(C(=O)NNC(=O)COC(=O)CN2C(=O)CCC2=O)cc1OC. The summed E-state index contributed by atoms with van der Waals surface area (Å²) in [6.45, 7) is -1.25. The van der Waals surface area contributed by atoms with Gasteiger partial charge in [-0.3, -0.25) is 39.7 Å². The van der Waals surface area contributed by atoms with Crippen molar-refractivity contribution in [2.45, 2.75) is 12.8 Å². The number of nitrogens with zero attached hydrogens (tertiary/aromatic N) is 1. The Morgan fingerprint density at radius 1 is 1.00 bits per heavy atom. The zero-order valence-electron chi connectivity index (χ0n) is 15.3. The monoisotopic (exact) mass is 393 g/mol. The molecule has 1 saturated heterocycles. The minimum atomic E-state index is -0.912. The normalized spacial score (nSPS) is 13.1. The number of esters is 1. The minimum absolute atomic E-state index is 0.0504. The highest BCUT2D eigenvalue weighted by Crippen LogP contribution is 2.27. The third kappa shape index (κ3) is 5.19. The van der Waals surface area contributed by atoms with Gasteiger partial charge in [-0.1, -0.05) is 0 Å². The second-order valence-electron chi connectivity index (χ2n) is 5.61. The van der Waals surface area contributed by atoms with Crippen molar-refractivity contribution in [3.63, 3.8) is 0 Å². The van der Waals surface area contributed by atoms with Crippen LogP contribution in [0.1, 0.15) is 23.2 Å². The molecular formula is C17H19N3O8. The Bertz CT molecular complexity index is 792. The fraction of sp³-hybridized carbons (Fsp3) is 0.353. The molecule has 2 rings (SSSR count). The number of carbonyl (C=O) groups excluding carboxylic acids is 5. The number of imide groups is 1. The van der Waals surface area contributed by atoms with Gasteiger partial charge in [-0.05, 0) is 18.2 Å². The van der Waals surface area contributed by atoms with Crippen molar-refractivity contribution in [3.05, 3.63) is 23.8 Å². The number of hydrogen-bond donors (Lipinski definition) is 2. The summed E-state index contributed by atoms with van der Waals surface area (Å²) in [5.41, 5.74) is 4.43. The number of methoxy groups -OCH3 is 2. The summed E-state index contributed by atoms with van der Waals surface area (Å²) >= 11 is 0. The average molecular weight is 393 g/mol. The number of carbonyl (C=O) groups is 5. The number of likely N-dealkylation sites (tertiary alicyclic amines) is 1. The molecular weight excluding hydrogens is 374 g/mol. The number of hydrogen-bond acceptors (Lipinski definition) is 8. The molecule has 0 spiro atoms. The van der Waals surface area contributed by atoms with Gasteiger partial charge in [0.25, 0.3) is 11.8 Å². The van der Waals surface area contributed by atoms with Gasteiger partial charge in [0.2, 0.25) is 11.8 Å². The molecule has 0 aliphatic carbocycles. The molecule has 0 aromatic heterocycles. The molecule has 2 N–H and O–H groups in total. The van der Waals surface area contributed by atoms with Gasteiger partial charge >= 0.3 is 5.97 Å². The topological polar surface area (TPSA) is 140 Å². The molecule has 1 aliphatic heterocycles. The van der Waals surface area contributed by atoms with E-state index < -0.39 is 42.7 Å². The molecule has 11 nitrogen and oxygen atoms in total. The van der Waals surface area contributed by atoms with E-state index in [0.29, 0.717) is 11.5 Å². The lowest BCUT2D eigenvalue weighted by molar-refractivity contribution is -0.154. The van der Waals surface area contributed by atoms with Gasteiger partial charge in [-0.15, -0.1) is 0 Å². The first kappa shape index (κ1) is 20.7. The first-order chi connectivity index (χ1) is 13.3. The summed E-state index contributed by atoms with van der Waals surface area (Å²) in [6, 6.07) is 4.41. The van der Waals surface area contributed by atoms with Crippen LogP contribution in [0.4, 0.5) is 0 Å². The van der Waals surface area contributed by atoms with Gasteiger partial charge in [0.15, 0.2) is 18.1 Å². The summed E-state index contributed by atoms with van der Waals surface area (Å²) in [4.78, 5) is 58.9. The van der Waals surface area contributed by atoms with Crippen molar-refractivity contribution in [2.75, 3.05) is 27.4 Å². The number of benzene rings is 1. The van der Waals surface area contributed by atoms with Gasteiger partial charge in [0, 0.05) is 18.4 Å². The van der Waals surface area contributed by atoms with E-state index in [-0.39, 0.29) is 18.4 Å². The molecule has 0 radical (unpaired) electrons. The van der Waals surface area contributed by atoms with E-state index in [1.54, 1.807) is 0 Å². The van der Waals surface area contributed by atoms with Crippen LogP contribution in [-0.4, -0.2) is 61.9 Å². The Hall–Kier alpha value is -3.63. The second-order valence-corrected chi connectivity index (χ2v) is 5.61. The first-order valence-electron chi connectivity index (χ1n) is 8.15. The van der Waals surface area contributed by atoms with Gasteiger partial charge in [-0.2, -0.15) is 0 Å². The number of ether oxygens (including phenoxy) is 3. The minimum Gasteiger partial charge on any atom is -0.493 e.